The highest BCUT2D eigenvalue weighted by Gasteiger charge is 2.28. The van der Waals surface area contributed by atoms with Crippen LogP contribution in [0.3, 0.4) is 0 Å². The van der Waals surface area contributed by atoms with Gasteiger partial charge in [-0.05, 0) is 140 Å². The van der Waals surface area contributed by atoms with E-state index in [-0.39, 0.29) is 5.56 Å². The molecule has 0 amide bonds. The summed E-state index contributed by atoms with van der Waals surface area (Å²) >= 11 is 0. The summed E-state index contributed by atoms with van der Waals surface area (Å²) < 4.78 is 13.4. The molecule has 70 heavy (non-hydrogen) atoms. The average Bonchev–Trinajstić information content (AvgIpc) is 3.92. The van der Waals surface area contributed by atoms with Gasteiger partial charge in [0.05, 0.1) is 5.56 Å². The molecule has 6 nitrogen and oxygen atoms in total. The molecular weight excluding hydrogens is 857 g/mol. The van der Waals surface area contributed by atoms with Crippen molar-refractivity contribution in [1.82, 2.24) is 0 Å². The summed E-state index contributed by atoms with van der Waals surface area (Å²) in [6.45, 7) is 17.9. The van der Waals surface area contributed by atoms with Crippen molar-refractivity contribution >= 4 is 99.5 Å². The van der Waals surface area contributed by atoms with E-state index in [1.54, 1.807) is 0 Å². The zero-order valence-electron chi connectivity index (χ0n) is 40.9. The van der Waals surface area contributed by atoms with Crippen LogP contribution in [-0.4, -0.2) is 0 Å². The third-order valence-corrected chi connectivity index (χ3v) is 14.2. The number of benzene rings is 9. The summed E-state index contributed by atoms with van der Waals surface area (Å²) in [7, 11) is 0. The van der Waals surface area contributed by atoms with Crippen LogP contribution >= 0.6 is 0 Å². The number of fused-ring (bicyclic) bond motifs is 8. The quantitative estimate of drug-likeness (QED) is 0.136. The van der Waals surface area contributed by atoms with Gasteiger partial charge in [-0.15, -0.1) is 0 Å². The van der Waals surface area contributed by atoms with E-state index in [1.165, 1.54) is 22.3 Å². The molecule has 0 N–H and O–H groups in total. The molecule has 0 spiro atoms. The Morgan fingerprint density at radius 1 is 0.371 bits per heavy atom. The Kier molecular flexibility index (Phi) is 10.9. The predicted octanol–water partition coefficient (Wildman–Crippen LogP) is 19.0. The minimum absolute atomic E-state index is 0.273. The van der Waals surface area contributed by atoms with E-state index in [1.807, 2.05) is 12.1 Å². The lowest BCUT2D eigenvalue weighted by Crippen LogP contribution is -2.15. The van der Waals surface area contributed by atoms with Crippen LogP contribution in [0.2, 0.25) is 0 Å². The van der Waals surface area contributed by atoms with Gasteiger partial charge in [0.1, 0.15) is 28.9 Å². The van der Waals surface area contributed by atoms with E-state index >= 15 is 0 Å². The van der Waals surface area contributed by atoms with Crippen molar-refractivity contribution in [3.05, 3.63) is 191 Å². The first-order chi connectivity index (χ1) is 33.9. The van der Waals surface area contributed by atoms with Crippen molar-refractivity contribution in [3.63, 3.8) is 0 Å². The monoisotopic (exact) mass is 910 g/mol. The highest BCUT2D eigenvalue weighted by Crippen LogP contribution is 2.48. The first kappa shape index (κ1) is 44.2. The minimum atomic E-state index is 0.273. The molecule has 2 aromatic heterocycles. The van der Waals surface area contributed by atoms with Gasteiger partial charge in [-0.1, -0.05) is 140 Å². The largest absolute Gasteiger partial charge is 0.454 e. The van der Waals surface area contributed by atoms with Gasteiger partial charge in [-0.3, -0.25) is 0 Å². The Bertz CT molecular complexity index is 3620. The second kappa shape index (κ2) is 17.3. The minimum Gasteiger partial charge on any atom is -0.454 e. The fourth-order valence-corrected chi connectivity index (χ4v) is 10.8. The molecule has 0 aliphatic heterocycles. The lowest BCUT2D eigenvalue weighted by atomic mass is 9.95. The topological polar surface area (TPSA) is 80.3 Å². The van der Waals surface area contributed by atoms with E-state index < -0.39 is 0 Å². The van der Waals surface area contributed by atoms with Crippen molar-refractivity contribution in [3.8, 4) is 12.1 Å². The van der Waals surface area contributed by atoms with Crippen molar-refractivity contribution < 1.29 is 8.83 Å². The zero-order valence-corrected chi connectivity index (χ0v) is 40.9. The summed E-state index contributed by atoms with van der Waals surface area (Å²) in [6.07, 6.45) is 0. The Balaban J connectivity index is 1.08. The fraction of sp³-hybridized carbons (Fsp3) is 0.188. The van der Waals surface area contributed by atoms with E-state index in [0.29, 0.717) is 62.3 Å². The Morgan fingerprint density at radius 2 is 0.700 bits per heavy atom. The third-order valence-electron chi connectivity index (χ3n) is 14.2. The van der Waals surface area contributed by atoms with Crippen molar-refractivity contribution in [1.29, 1.82) is 10.5 Å². The Hall–Kier alpha value is -8.32. The second-order valence-corrected chi connectivity index (χ2v) is 19.9. The van der Waals surface area contributed by atoms with Gasteiger partial charge in [-0.2, -0.15) is 10.5 Å². The second-order valence-electron chi connectivity index (χ2n) is 19.9. The number of nitrogens with zero attached hydrogens (tertiary/aromatic N) is 4. The van der Waals surface area contributed by atoms with Crippen LogP contribution in [0.25, 0.3) is 65.4 Å². The van der Waals surface area contributed by atoms with E-state index in [0.717, 1.165) is 66.4 Å². The molecule has 0 saturated heterocycles. The molecule has 0 saturated carbocycles. The molecule has 342 valence electrons. The highest BCUT2D eigenvalue weighted by atomic mass is 16.3. The number of anilines is 6. The standard InChI is InChI=1S/C64H54N4O2/c1-37(2)47-17-9-13-21-55(47)67(56-22-14-10-18-48(56)38(3)4)45-27-25-41-31-51-59(33-43(41)29-45)69-63-54(36-66)64-62(53(35-65)61(51)63)52-32-42-26-28-46(30-44(42)34-60(52)70-64)68(57-23-15-11-19-49(57)39(5)6)58-24-16-12-20-50(58)40(7)8/h9-34,37-40H,1-8H3. The lowest BCUT2D eigenvalue weighted by molar-refractivity contribution is 0.654. The molecule has 0 aliphatic rings. The molecule has 0 atom stereocenters. The van der Waals surface area contributed by atoms with Crippen LogP contribution in [0.5, 0.6) is 0 Å². The molecule has 11 rings (SSSR count). The molecule has 11 aromatic rings. The first-order valence-electron chi connectivity index (χ1n) is 24.5. The fourth-order valence-electron chi connectivity index (χ4n) is 10.8. The van der Waals surface area contributed by atoms with Gasteiger partial charge in [0.25, 0.3) is 0 Å². The highest BCUT2D eigenvalue weighted by molar-refractivity contribution is 6.24. The molecule has 2 heterocycles. The zero-order chi connectivity index (χ0) is 48.5. The van der Waals surface area contributed by atoms with E-state index in [4.69, 9.17) is 8.83 Å². The van der Waals surface area contributed by atoms with Crippen molar-refractivity contribution in [2.75, 3.05) is 9.80 Å². The molecule has 0 radical (unpaired) electrons. The number of nitriles is 2. The van der Waals surface area contributed by atoms with Gasteiger partial charge in [0.2, 0.25) is 0 Å². The molecule has 0 aliphatic carbocycles. The van der Waals surface area contributed by atoms with Crippen LogP contribution in [0.15, 0.2) is 167 Å². The van der Waals surface area contributed by atoms with Crippen LogP contribution in [0.1, 0.15) is 112 Å². The lowest BCUT2D eigenvalue weighted by Gasteiger charge is -2.31. The van der Waals surface area contributed by atoms with Gasteiger partial charge in [-0.25, -0.2) is 0 Å². The van der Waals surface area contributed by atoms with Crippen molar-refractivity contribution in [2.24, 2.45) is 0 Å². The maximum atomic E-state index is 11.1. The van der Waals surface area contributed by atoms with Gasteiger partial charge >= 0.3 is 0 Å². The van der Waals surface area contributed by atoms with Crippen molar-refractivity contribution in [2.45, 2.75) is 79.1 Å². The van der Waals surface area contributed by atoms with Crippen LogP contribution in [-0.2, 0) is 0 Å². The third kappa shape index (κ3) is 7.14. The molecule has 9 aromatic carbocycles. The summed E-state index contributed by atoms with van der Waals surface area (Å²) in [5.41, 5.74) is 14.2. The first-order valence-corrected chi connectivity index (χ1v) is 24.5. The Morgan fingerprint density at radius 3 is 1.01 bits per heavy atom. The number of furan rings is 2. The average molecular weight is 911 g/mol. The van der Waals surface area contributed by atoms with Crippen LogP contribution in [0, 0.1) is 22.7 Å². The molecule has 6 heteroatoms. The predicted molar refractivity (Wildman–Crippen MR) is 291 cm³/mol. The number of hydrogen-bond donors (Lipinski definition) is 0. The Labute approximate surface area is 409 Å². The maximum absolute atomic E-state index is 11.1. The van der Waals surface area contributed by atoms with E-state index in [2.05, 4.69) is 223 Å². The molecule has 0 unspecified atom stereocenters. The molecule has 0 fully saturated rings. The van der Waals surface area contributed by atoms with Gasteiger partial charge < -0.3 is 18.6 Å². The van der Waals surface area contributed by atoms with Gasteiger partial charge in [0.15, 0.2) is 11.2 Å². The summed E-state index contributed by atoms with van der Waals surface area (Å²) in [5, 5.41) is 28.8. The van der Waals surface area contributed by atoms with Gasteiger partial charge in [0, 0.05) is 55.7 Å². The smallest absolute Gasteiger partial charge is 0.158 e. The summed E-state index contributed by atoms with van der Waals surface area (Å²) in [5.74, 6) is 1.22. The normalized spacial score (nSPS) is 11.9. The van der Waals surface area contributed by atoms with E-state index in [9.17, 15) is 10.5 Å². The summed E-state index contributed by atoms with van der Waals surface area (Å²) in [4.78, 5) is 4.76. The number of rotatable bonds is 10. The molecule has 0 bridgehead atoms. The number of hydrogen-bond acceptors (Lipinski definition) is 6. The maximum Gasteiger partial charge on any atom is 0.158 e. The number of para-hydroxylation sites is 4. The summed E-state index contributed by atoms with van der Waals surface area (Å²) in [6, 6.07) is 61.0. The molecular formula is C64H54N4O2. The van der Waals surface area contributed by atoms with Crippen LogP contribution < -0.4 is 9.80 Å². The van der Waals surface area contributed by atoms with Crippen LogP contribution in [0.4, 0.5) is 34.1 Å². The SMILES string of the molecule is CC(C)c1ccccc1N(c1ccc2cc3c(cc2c1)oc1c(C#N)c2oc4cc5cc(N(c6ccccc6C(C)C)c6ccccc6C(C)C)ccc5cc4c2c(C#N)c13)c1ccccc1C(C)C.